The Balaban J connectivity index is -0.0000000655. The summed E-state index contributed by atoms with van der Waals surface area (Å²) < 4.78 is 89.2. The molecule has 0 aromatic heterocycles. The summed E-state index contributed by atoms with van der Waals surface area (Å²) in [5, 5.41) is 19.6. The quantitative estimate of drug-likeness (QED) is 0.469. The molecule has 13 heteroatoms. The van der Waals surface area contributed by atoms with Crippen LogP contribution in [0, 0.1) is 0 Å². The zero-order valence-corrected chi connectivity index (χ0v) is 7.70. The number of hydrogen-bond acceptors (Lipinski definition) is 3. The normalized spacial score (nSPS) is 11.2. The van der Waals surface area contributed by atoms with Crippen LogP contribution >= 0.6 is 0 Å². The van der Waals surface area contributed by atoms with Gasteiger partial charge in [-0.1, -0.05) is 0 Å². The maximum atomic E-state index is 9.91. The predicted octanol–water partition coefficient (Wildman–Crippen LogP) is 1.49. The van der Waals surface area contributed by atoms with Crippen LogP contribution in [-0.4, -0.2) is 34.4 Å². The number of hydrogen-bond donors (Lipinski definition) is 3. The molecule has 3 N–H and O–H groups in total. The molecule has 0 aliphatic carbocycles. The molecular formula is C3H3F9FeO3. The van der Waals surface area contributed by atoms with Crippen molar-refractivity contribution in [3.8, 4) is 0 Å². The smallest absolute Gasteiger partial charge is 0.308 e. The molecule has 0 aliphatic rings. The summed E-state index contributed by atoms with van der Waals surface area (Å²) in [5.41, 5.74) is 0. The number of alkyl halides is 9. The number of rotatable bonds is 0. The van der Waals surface area contributed by atoms with Gasteiger partial charge in [0.25, 0.3) is 0 Å². The summed E-state index contributed by atoms with van der Waals surface area (Å²) in [5.74, 6) is 0. The third kappa shape index (κ3) is 42300. The van der Waals surface area contributed by atoms with Crippen LogP contribution in [0.15, 0.2) is 0 Å². The molecule has 0 spiro atoms. The second kappa shape index (κ2) is 8.87. The van der Waals surface area contributed by atoms with Crippen molar-refractivity contribution in [1.29, 1.82) is 0 Å². The zero-order chi connectivity index (χ0) is 13.5. The standard InChI is InChI=1S/3CHF3O.Fe/c3*2-1(3,4)5;/h3*5H;. The average Bonchev–Trinajstić information content (AvgIpc) is 1.41. The fraction of sp³-hybridized carbons (Fsp3) is 1.00. The molecule has 0 aliphatic heterocycles. The van der Waals surface area contributed by atoms with Gasteiger partial charge in [0.05, 0.1) is 0 Å². The van der Waals surface area contributed by atoms with E-state index in [0.717, 1.165) is 0 Å². The summed E-state index contributed by atoms with van der Waals surface area (Å²) in [6, 6.07) is 0. The maximum absolute atomic E-state index is 9.91. The van der Waals surface area contributed by atoms with Crippen molar-refractivity contribution in [2.24, 2.45) is 0 Å². The first-order chi connectivity index (χ1) is 6.00. The van der Waals surface area contributed by atoms with Crippen molar-refractivity contribution in [2.45, 2.75) is 19.1 Å². The van der Waals surface area contributed by atoms with Gasteiger partial charge >= 0.3 is 19.1 Å². The van der Waals surface area contributed by atoms with E-state index < -0.39 is 19.1 Å². The van der Waals surface area contributed by atoms with Gasteiger partial charge in [-0.2, -0.15) is 0 Å². The van der Waals surface area contributed by atoms with Crippen LogP contribution in [0.3, 0.4) is 0 Å². The second-order valence-electron chi connectivity index (χ2n) is 1.40. The van der Waals surface area contributed by atoms with E-state index in [1.807, 2.05) is 0 Å². The number of aliphatic hydroxyl groups is 3. The molecule has 0 atom stereocenters. The fourth-order valence-electron chi connectivity index (χ4n) is 0. The minimum absolute atomic E-state index is 0. The van der Waals surface area contributed by atoms with Crippen molar-refractivity contribution in [3.63, 3.8) is 0 Å². The third-order valence-corrected chi connectivity index (χ3v) is 0. The summed E-state index contributed by atoms with van der Waals surface area (Å²) in [6.45, 7) is 0. The van der Waals surface area contributed by atoms with Gasteiger partial charge in [-0.15, -0.1) is 39.5 Å². The molecule has 0 saturated heterocycles. The Morgan fingerprint density at radius 3 is 0.438 bits per heavy atom. The van der Waals surface area contributed by atoms with Gasteiger partial charge in [-0.3, -0.25) is 0 Å². The minimum atomic E-state index is -5.00. The SMILES string of the molecule is OC(F)(F)F.OC(F)(F)F.OC(F)(F)F.[Fe]. The van der Waals surface area contributed by atoms with E-state index >= 15 is 0 Å². The van der Waals surface area contributed by atoms with Gasteiger partial charge in [0.2, 0.25) is 0 Å². The van der Waals surface area contributed by atoms with Crippen molar-refractivity contribution < 1.29 is 71.9 Å². The topological polar surface area (TPSA) is 60.7 Å². The average molecular weight is 314 g/mol. The van der Waals surface area contributed by atoms with E-state index in [-0.39, 0.29) is 17.1 Å². The van der Waals surface area contributed by atoms with Crippen LogP contribution in [0.2, 0.25) is 0 Å². The molecule has 0 aromatic rings. The Morgan fingerprint density at radius 1 is 0.438 bits per heavy atom. The van der Waals surface area contributed by atoms with Crippen molar-refractivity contribution in [3.05, 3.63) is 0 Å². The molecular weight excluding hydrogens is 311 g/mol. The number of halogens is 9. The first-order valence-corrected chi connectivity index (χ1v) is 2.37. The molecule has 0 saturated carbocycles. The summed E-state index contributed by atoms with van der Waals surface area (Å²) in [4.78, 5) is 0. The van der Waals surface area contributed by atoms with Gasteiger partial charge in [-0.05, 0) is 0 Å². The molecule has 3 nitrogen and oxygen atoms in total. The van der Waals surface area contributed by atoms with Gasteiger partial charge in [-0.25, -0.2) is 0 Å². The molecule has 0 rings (SSSR count). The van der Waals surface area contributed by atoms with Crippen LogP contribution in [0.5, 0.6) is 0 Å². The molecule has 0 unspecified atom stereocenters. The largest absolute Gasteiger partial charge is 0.519 e. The van der Waals surface area contributed by atoms with Gasteiger partial charge in [0.1, 0.15) is 0 Å². The Morgan fingerprint density at radius 2 is 0.438 bits per heavy atom. The molecule has 104 valence electrons. The van der Waals surface area contributed by atoms with Gasteiger partial charge < -0.3 is 15.3 Å². The van der Waals surface area contributed by atoms with E-state index in [1.54, 1.807) is 0 Å². The van der Waals surface area contributed by atoms with E-state index in [4.69, 9.17) is 15.3 Å². The Labute approximate surface area is 91.9 Å². The van der Waals surface area contributed by atoms with E-state index in [0.29, 0.717) is 0 Å². The van der Waals surface area contributed by atoms with E-state index in [9.17, 15) is 39.5 Å². The molecule has 16 heavy (non-hydrogen) atoms. The van der Waals surface area contributed by atoms with Crippen LogP contribution in [0.4, 0.5) is 39.5 Å². The molecule has 0 fully saturated rings. The van der Waals surface area contributed by atoms with Crippen molar-refractivity contribution >= 4 is 0 Å². The summed E-state index contributed by atoms with van der Waals surface area (Å²) in [6.07, 6.45) is -15.0. The Hall–Kier alpha value is -0.231. The van der Waals surface area contributed by atoms with Crippen LogP contribution in [-0.2, 0) is 17.1 Å². The molecule has 0 aromatic carbocycles. The van der Waals surface area contributed by atoms with Gasteiger partial charge in [0, 0.05) is 17.1 Å². The summed E-state index contributed by atoms with van der Waals surface area (Å²) in [7, 11) is 0. The maximum Gasteiger partial charge on any atom is 0.519 e. The van der Waals surface area contributed by atoms with E-state index in [2.05, 4.69) is 0 Å². The predicted molar refractivity (Wildman–Crippen MR) is 24.8 cm³/mol. The molecule has 0 heterocycles. The van der Waals surface area contributed by atoms with Crippen LogP contribution in [0.1, 0.15) is 0 Å². The van der Waals surface area contributed by atoms with Crippen LogP contribution in [0.25, 0.3) is 0 Å². The second-order valence-corrected chi connectivity index (χ2v) is 1.40. The molecule has 0 radical (unpaired) electrons. The van der Waals surface area contributed by atoms with Gasteiger partial charge in [0.15, 0.2) is 0 Å². The van der Waals surface area contributed by atoms with Crippen LogP contribution < -0.4 is 0 Å². The van der Waals surface area contributed by atoms with Crippen molar-refractivity contribution in [2.75, 3.05) is 0 Å². The van der Waals surface area contributed by atoms with E-state index in [1.165, 1.54) is 0 Å². The Kier molecular flexibility index (Phi) is 13.8. The monoisotopic (exact) mass is 314 g/mol. The minimum Gasteiger partial charge on any atom is -0.308 e. The first-order valence-electron chi connectivity index (χ1n) is 2.37. The molecule has 0 amide bonds. The first kappa shape index (κ1) is 24.8. The summed E-state index contributed by atoms with van der Waals surface area (Å²) >= 11 is 0. The zero-order valence-electron chi connectivity index (χ0n) is 6.60. The Bertz CT molecular complexity index is 101. The molecule has 0 bridgehead atoms. The van der Waals surface area contributed by atoms with Crippen molar-refractivity contribution in [1.82, 2.24) is 0 Å². The fourth-order valence-corrected chi connectivity index (χ4v) is 0. The third-order valence-electron chi connectivity index (χ3n) is 0.